The topological polar surface area (TPSA) is 24.1 Å². The number of nitrogens with one attached hydrogen (secondary N) is 2. The highest BCUT2D eigenvalue weighted by atomic mass is 14.9. The Labute approximate surface area is 282 Å². The summed E-state index contributed by atoms with van der Waals surface area (Å²) in [6.07, 6.45) is 0. The molecule has 0 aliphatic carbocycles. The first-order valence-electron chi connectivity index (χ1n) is 16.4. The number of para-hydroxylation sites is 2. The van der Waals surface area contributed by atoms with Crippen molar-refractivity contribution in [2.24, 2.45) is 0 Å². The maximum Gasteiger partial charge on any atom is 0.0470 e. The quantitative estimate of drug-likeness (QED) is 0.178. The Morgan fingerprint density at radius 3 is 0.917 bits per heavy atom. The highest BCUT2D eigenvalue weighted by molar-refractivity contribution is 6.12. The van der Waals surface area contributed by atoms with Crippen LogP contribution in [0.3, 0.4) is 0 Å². The normalized spacial score (nSPS) is 10.9. The summed E-state index contributed by atoms with van der Waals surface area (Å²) < 4.78 is 0. The molecule has 228 valence electrons. The molecule has 0 radical (unpaired) electrons. The number of rotatable bonds is 8. The molecular formula is C46H34N2. The van der Waals surface area contributed by atoms with Crippen molar-refractivity contribution >= 4 is 33.5 Å². The Balaban J connectivity index is 1.32. The Kier molecular flexibility index (Phi) is 7.96. The van der Waals surface area contributed by atoms with E-state index < -0.39 is 0 Å². The van der Waals surface area contributed by atoms with E-state index in [0.717, 1.165) is 33.9 Å². The second-order valence-electron chi connectivity index (χ2n) is 11.9. The smallest absolute Gasteiger partial charge is 0.0470 e. The molecule has 0 bridgehead atoms. The molecule has 0 fully saturated rings. The Morgan fingerprint density at radius 2 is 0.542 bits per heavy atom. The van der Waals surface area contributed by atoms with Crippen molar-refractivity contribution < 1.29 is 0 Å². The molecule has 0 aliphatic heterocycles. The molecule has 0 aromatic heterocycles. The third-order valence-corrected chi connectivity index (χ3v) is 8.89. The zero-order valence-electron chi connectivity index (χ0n) is 26.5. The zero-order valence-corrected chi connectivity index (χ0v) is 26.5. The summed E-state index contributed by atoms with van der Waals surface area (Å²) in [6, 6.07) is 68.6. The van der Waals surface area contributed by atoms with Crippen molar-refractivity contribution in [2.75, 3.05) is 10.6 Å². The summed E-state index contributed by atoms with van der Waals surface area (Å²) in [6.45, 7) is 0. The molecule has 8 aromatic rings. The van der Waals surface area contributed by atoms with Crippen molar-refractivity contribution in [3.05, 3.63) is 194 Å². The van der Waals surface area contributed by atoms with Gasteiger partial charge in [-0.25, -0.2) is 0 Å². The second-order valence-corrected chi connectivity index (χ2v) is 11.9. The minimum absolute atomic E-state index is 1.06. The average molecular weight is 615 g/mol. The molecule has 0 spiro atoms. The molecular weight excluding hydrogens is 581 g/mol. The molecule has 8 aromatic carbocycles. The van der Waals surface area contributed by atoms with Crippen molar-refractivity contribution in [3.8, 4) is 44.5 Å². The molecule has 2 heteroatoms. The van der Waals surface area contributed by atoms with Gasteiger partial charge in [0.1, 0.15) is 0 Å². The Morgan fingerprint density at radius 1 is 0.229 bits per heavy atom. The number of anilines is 4. The fraction of sp³-hybridized carbons (Fsp3) is 0. The van der Waals surface area contributed by atoms with Gasteiger partial charge >= 0.3 is 0 Å². The van der Waals surface area contributed by atoms with E-state index in [1.807, 2.05) is 0 Å². The van der Waals surface area contributed by atoms with Crippen LogP contribution in [0.25, 0.3) is 55.3 Å². The van der Waals surface area contributed by atoms with E-state index in [4.69, 9.17) is 0 Å². The molecule has 0 saturated heterocycles. The third-order valence-electron chi connectivity index (χ3n) is 8.89. The Hall–Kier alpha value is -6.38. The van der Waals surface area contributed by atoms with Gasteiger partial charge in [-0.15, -0.1) is 0 Å². The number of hydrogen-bond acceptors (Lipinski definition) is 2. The average Bonchev–Trinajstić information content (AvgIpc) is 3.16. The molecule has 0 atom stereocenters. The van der Waals surface area contributed by atoms with Crippen LogP contribution in [-0.2, 0) is 0 Å². The van der Waals surface area contributed by atoms with Gasteiger partial charge < -0.3 is 10.6 Å². The molecule has 0 heterocycles. The highest BCUT2D eigenvalue weighted by Gasteiger charge is 2.18. The van der Waals surface area contributed by atoms with Crippen LogP contribution in [0.1, 0.15) is 0 Å². The lowest BCUT2D eigenvalue weighted by atomic mass is 9.90. The maximum atomic E-state index is 3.85. The largest absolute Gasteiger partial charge is 0.354 e. The predicted octanol–water partition coefficient (Wildman–Crippen LogP) is 13.0. The first-order valence-corrected chi connectivity index (χ1v) is 16.4. The van der Waals surface area contributed by atoms with E-state index in [2.05, 4.69) is 205 Å². The zero-order chi connectivity index (χ0) is 32.1. The van der Waals surface area contributed by atoms with Crippen molar-refractivity contribution in [1.29, 1.82) is 0 Å². The van der Waals surface area contributed by atoms with Gasteiger partial charge in [0, 0.05) is 45.0 Å². The lowest BCUT2D eigenvalue weighted by Gasteiger charge is -2.22. The first-order chi connectivity index (χ1) is 23.8. The molecule has 48 heavy (non-hydrogen) atoms. The molecule has 8 rings (SSSR count). The van der Waals surface area contributed by atoms with Crippen LogP contribution in [-0.4, -0.2) is 0 Å². The minimum atomic E-state index is 1.06. The van der Waals surface area contributed by atoms with Crippen molar-refractivity contribution in [2.45, 2.75) is 0 Å². The van der Waals surface area contributed by atoms with E-state index in [-0.39, 0.29) is 0 Å². The fourth-order valence-electron chi connectivity index (χ4n) is 6.66. The molecule has 0 saturated carbocycles. The number of hydrogen-bond donors (Lipinski definition) is 2. The molecule has 2 N–H and O–H groups in total. The monoisotopic (exact) mass is 614 g/mol. The van der Waals surface area contributed by atoms with Crippen LogP contribution in [0, 0.1) is 0 Å². The van der Waals surface area contributed by atoms with Crippen LogP contribution in [0.4, 0.5) is 22.7 Å². The lowest BCUT2D eigenvalue weighted by molar-refractivity contribution is 1.52. The summed E-state index contributed by atoms with van der Waals surface area (Å²) in [5.74, 6) is 0. The second kappa shape index (κ2) is 13.2. The minimum Gasteiger partial charge on any atom is -0.354 e. The summed E-state index contributed by atoms with van der Waals surface area (Å²) >= 11 is 0. The van der Waals surface area contributed by atoms with E-state index in [0.29, 0.717) is 0 Å². The van der Waals surface area contributed by atoms with Gasteiger partial charge in [0.2, 0.25) is 0 Å². The molecule has 0 unspecified atom stereocenters. The van der Waals surface area contributed by atoms with Gasteiger partial charge in [-0.2, -0.15) is 0 Å². The van der Waals surface area contributed by atoms with Crippen molar-refractivity contribution in [1.82, 2.24) is 0 Å². The standard InChI is InChI=1S/C46H34N2/c1-5-17-33(18-6-1)37-25-13-15-27-41(37)47-43-31-29-40-39(45(43)35-21-9-3-10-22-35)30-32-44(46(40)36-23-11-4-12-24-36)48-42-28-16-14-26-38(42)34-19-7-2-8-20-34/h1-32,47-48H. The SMILES string of the molecule is c1ccc(-c2ccccc2Nc2ccc3c(-c4ccccc4)c(Nc4ccccc4-c4ccccc4)ccc3c2-c2ccccc2)cc1. The third kappa shape index (κ3) is 5.72. The fourth-order valence-corrected chi connectivity index (χ4v) is 6.66. The van der Waals surface area contributed by atoms with Gasteiger partial charge in [-0.3, -0.25) is 0 Å². The number of benzene rings is 8. The maximum absolute atomic E-state index is 3.85. The summed E-state index contributed by atoms with van der Waals surface area (Å²) in [4.78, 5) is 0. The van der Waals surface area contributed by atoms with Gasteiger partial charge in [-0.05, 0) is 57.3 Å². The predicted molar refractivity (Wildman–Crippen MR) is 205 cm³/mol. The van der Waals surface area contributed by atoms with E-state index in [1.165, 1.54) is 44.2 Å². The molecule has 2 nitrogen and oxygen atoms in total. The van der Waals surface area contributed by atoms with E-state index >= 15 is 0 Å². The van der Waals surface area contributed by atoms with Gasteiger partial charge in [0.15, 0.2) is 0 Å². The highest BCUT2D eigenvalue weighted by Crippen LogP contribution is 2.45. The van der Waals surface area contributed by atoms with Gasteiger partial charge in [-0.1, -0.05) is 170 Å². The first kappa shape index (κ1) is 29.1. The van der Waals surface area contributed by atoms with E-state index in [9.17, 15) is 0 Å². The molecule has 0 amide bonds. The van der Waals surface area contributed by atoms with Crippen LogP contribution in [0.2, 0.25) is 0 Å². The van der Waals surface area contributed by atoms with Crippen LogP contribution in [0.5, 0.6) is 0 Å². The van der Waals surface area contributed by atoms with Crippen molar-refractivity contribution in [3.63, 3.8) is 0 Å². The summed E-state index contributed by atoms with van der Waals surface area (Å²) in [5, 5.41) is 10.1. The van der Waals surface area contributed by atoms with E-state index in [1.54, 1.807) is 0 Å². The number of fused-ring (bicyclic) bond motifs is 1. The summed E-state index contributed by atoms with van der Waals surface area (Å²) in [7, 11) is 0. The Bertz CT molecular complexity index is 2150. The molecule has 0 aliphatic rings. The van der Waals surface area contributed by atoms with Crippen LogP contribution < -0.4 is 10.6 Å². The summed E-state index contributed by atoms with van der Waals surface area (Å²) in [5.41, 5.74) is 13.6. The van der Waals surface area contributed by atoms with Crippen LogP contribution >= 0.6 is 0 Å². The van der Waals surface area contributed by atoms with Gasteiger partial charge in [0.05, 0.1) is 0 Å². The van der Waals surface area contributed by atoms with Gasteiger partial charge in [0.25, 0.3) is 0 Å². The van der Waals surface area contributed by atoms with Crippen LogP contribution in [0.15, 0.2) is 194 Å². The lowest BCUT2D eigenvalue weighted by Crippen LogP contribution is -1.99.